The van der Waals surface area contributed by atoms with Crippen molar-refractivity contribution in [2.24, 2.45) is 0 Å². The fraction of sp³-hybridized carbons (Fsp3) is 0.231. The van der Waals surface area contributed by atoms with Crippen LogP contribution in [0.2, 0.25) is 0 Å². The molecular formula is C13H11Br2N3O. The van der Waals surface area contributed by atoms with Gasteiger partial charge in [-0.3, -0.25) is 9.78 Å². The SMILES string of the molecule is O=C(Nc1cncc(Br)c1)c1cc(Br)cn1C1CC1. The summed E-state index contributed by atoms with van der Waals surface area (Å²) >= 11 is 6.76. The van der Waals surface area contributed by atoms with Crippen molar-refractivity contribution in [1.82, 2.24) is 9.55 Å². The van der Waals surface area contributed by atoms with Gasteiger partial charge in [0.15, 0.2) is 0 Å². The van der Waals surface area contributed by atoms with Crippen molar-refractivity contribution in [2.75, 3.05) is 5.32 Å². The van der Waals surface area contributed by atoms with Gasteiger partial charge >= 0.3 is 0 Å². The first kappa shape index (κ1) is 12.9. The molecule has 2 aromatic rings. The van der Waals surface area contributed by atoms with Crippen molar-refractivity contribution in [1.29, 1.82) is 0 Å². The van der Waals surface area contributed by atoms with Crippen LogP contribution in [0, 0.1) is 0 Å². The third-order valence-electron chi connectivity index (χ3n) is 2.95. The Morgan fingerprint density at radius 2 is 2.05 bits per heavy atom. The van der Waals surface area contributed by atoms with E-state index < -0.39 is 0 Å². The Kier molecular flexibility index (Phi) is 3.45. The van der Waals surface area contributed by atoms with Crippen LogP contribution in [0.3, 0.4) is 0 Å². The highest BCUT2D eigenvalue weighted by Gasteiger charge is 2.27. The topological polar surface area (TPSA) is 46.9 Å². The number of carbonyl (C=O) groups excluding carboxylic acids is 1. The van der Waals surface area contributed by atoms with E-state index in [0.29, 0.717) is 17.4 Å². The average Bonchev–Trinajstić information content (AvgIpc) is 3.12. The van der Waals surface area contributed by atoms with Crippen LogP contribution in [-0.2, 0) is 0 Å². The summed E-state index contributed by atoms with van der Waals surface area (Å²) in [6.45, 7) is 0. The normalized spacial score (nSPS) is 14.4. The number of aromatic nitrogens is 2. The fourth-order valence-electron chi connectivity index (χ4n) is 1.96. The number of hydrogen-bond donors (Lipinski definition) is 1. The van der Waals surface area contributed by atoms with Gasteiger partial charge in [-0.2, -0.15) is 0 Å². The highest BCUT2D eigenvalue weighted by molar-refractivity contribution is 9.10. The number of rotatable bonds is 3. The zero-order chi connectivity index (χ0) is 13.4. The number of carbonyl (C=O) groups is 1. The molecule has 1 N–H and O–H groups in total. The second-order valence-electron chi connectivity index (χ2n) is 4.53. The van der Waals surface area contributed by atoms with E-state index in [-0.39, 0.29) is 5.91 Å². The summed E-state index contributed by atoms with van der Waals surface area (Å²) in [6, 6.07) is 4.14. The molecule has 2 aromatic heterocycles. The van der Waals surface area contributed by atoms with Gasteiger partial charge < -0.3 is 9.88 Å². The van der Waals surface area contributed by atoms with E-state index in [0.717, 1.165) is 21.8 Å². The second-order valence-corrected chi connectivity index (χ2v) is 6.36. The average molecular weight is 385 g/mol. The van der Waals surface area contributed by atoms with E-state index in [1.54, 1.807) is 12.4 Å². The van der Waals surface area contributed by atoms with Gasteiger partial charge in [0.25, 0.3) is 5.91 Å². The van der Waals surface area contributed by atoms with Gasteiger partial charge in [0.05, 0.1) is 11.9 Å². The van der Waals surface area contributed by atoms with E-state index >= 15 is 0 Å². The Balaban J connectivity index is 1.84. The third-order valence-corrected chi connectivity index (χ3v) is 3.82. The van der Waals surface area contributed by atoms with Gasteiger partial charge in [-0.15, -0.1) is 0 Å². The predicted molar refractivity (Wildman–Crippen MR) is 80.3 cm³/mol. The molecule has 0 unspecified atom stereocenters. The number of nitrogens with one attached hydrogen (secondary N) is 1. The van der Waals surface area contributed by atoms with E-state index in [2.05, 4.69) is 42.2 Å². The fourth-order valence-corrected chi connectivity index (χ4v) is 2.76. The van der Waals surface area contributed by atoms with E-state index in [9.17, 15) is 4.79 Å². The van der Waals surface area contributed by atoms with Crippen LogP contribution in [0.1, 0.15) is 29.4 Å². The largest absolute Gasteiger partial charge is 0.339 e. The molecule has 1 saturated carbocycles. The monoisotopic (exact) mass is 383 g/mol. The molecule has 6 heteroatoms. The van der Waals surface area contributed by atoms with Crippen LogP contribution >= 0.6 is 31.9 Å². The molecule has 1 fully saturated rings. The summed E-state index contributed by atoms with van der Waals surface area (Å²) in [5.41, 5.74) is 1.35. The Morgan fingerprint density at radius 3 is 2.74 bits per heavy atom. The Bertz CT molecular complexity index is 635. The Labute approximate surface area is 127 Å². The van der Waals surface area contributed by atoms with Gasteiger partial charge in [0.1, 0.15) is 5.69 Å². The first-order valence-corrected chi connectivity index (χ1v) is 7.51. The van der Waals surface area contributed by atoms with Crippen LogP contribution in [0.15, 0.2) is 39.7 Å². The van der Waals surface area contributed by atoms with Crippen molar-refractivity contribution < 1.29 is 4.79 Å². The first-order chi connectivity index (χ1) is 9.13. The summed E-state index contributed by atoms with van der Waals surface area (Å²) in [4.78, 5) is 16.3. The molecule has 0 bridgehead atoms. The van der Waals surface area contributed by atoms with Crippen LogP contribution < -0.4 is 5.32 Å². The van der Waals surface area contributed by atoms with Crippen molar-refractivity contribution in [2.45, 2.75) is 18.9 Å². The number of pyridine rings is 1. The lowest BCUT2D eigenvalue weighted by Gasteiger charge is -2.08. The van der Waals surface area contributed by atoms with Crippen molar-refractivity contribution in [3.05, 3.63) is 45.4 Å². The standard InChI is InChI=1S/C13H11Br2N3O/c14-8-3-10(6-16-5-8)17-13(19)12-4-9(15)7-18(12)11-1-2-11/h3-7,11H,1-2H2,(H,17,19). The van der Waals surface area contributed by atoms with Crippen LogP contribution in [0.4, 0.5) is 5.69 Å². The van der Waals surface area contributed by atoms with E-state index in [4.69, 9.17) is 0 Å². The predicted octanol–water partition coefficient (Wildman–Crippen LogP) is 4.00. The quantitative estimate of drug-likeness (QED) is 0.869. The number of halogens is 2. The number of nitrogens with zero attached hydrogens (tertiary/aromatic N) is 2. The summed E-state index contributed by atoms with van der Waals surface area (Å²) in [7, 11) is 0. The van der Waals surface area contributed by atoms with Gasteiger partial charge in [0, 0.05) is 27.4 Å². The number of anilines is 1. The number of hydrogen-bond acceptors (Lipinski definition) is 2. The number of amides is 1. The van der Waals surface area contributed by atoms with Crippen LogP contribution in [0.5, 0.6) is 0 Å². The lowest BCUT2D eigenvalue weighted by molar-refractivity contribution is 0.101. The maximum Gasteiger partial charge on any atom is 0.272 e. The van der Waals surface area contributed by atoms with Gasteiger partial charge in [0.2, 0.25) is 0 Å². The molecule has 3 rings (SSSR count). The van der Waals surface area contributed by atoms with E-state index in [1.807, 2.05) is 22.9 Å². The molecule has 0 aliphatic heterocycles. The van der Waals surface area contributed by atoms with Crippen molar-refractivity contribution in [3.8, 4) is 0 Å². The summed E-state index contributed by atoms with van der Waals surface area (Å²) in [5.74, 6) is -0.113. The smallest absolute Gasteiger partial charge is 0.272 e. The maximum absolute atomic E-state index is 12.3. The first-order valence-electron chi connectivity index (χ1n) is 5.93. The zero-order valence-electron chi connectivity index (χ0n) is 9.94. The highest BCUT2D eigenvalue weighted by Crippen LogP contribution is 2.37. The minimum absolute atomic E-state index is 0.113. The molecule has 0 aromatic carbocycles. The highest BCUT2D eigenvalue weighted by atomic mass is 79.9. The van der Waals surface area contributed by atoms with Crippen LogP contribution in [0.25, 0.3) is 0 Å². The van der Waals surface area contributed by atoms with Crippen molar-refractivity contribution in [3.63, 3.8) is 0 Å². The summed E-state index contributed by atoms with van der Waals surface area (Å²) in [6.07, 6.45) is 7.55. The molecule has 98 valence electrons. The molecule has 1 aliphatic rings. The van der Waals surface area contributed by atoms with Crippen LogP contribution in [-0.4, -0.2) is 15.5 Å². The lowest BCUT2D eigenvalue weighted by atomic mass is 10.3. The van der Waals surface area contributed by atoms with Gasteiger partial charge in [-0.1, -0.05) is 0 Å². The molecule has 0 saturated heterocycles. The van der Waals surface area contributed by atoms with Crippen molar-refractivity contribution >= 4 is 43.5 Å². The molecule has 1 amide bonds. The van der Waals surface area contributed by atoms with Gasteiger partial charge in [-0.25, -0.2) is 0 Å². The molecule has 0 radical (unpaired) electrons. The molecule has 0 spiro atoms. The van der Waals surface area contributed by atoms with Gasteiger partial charge in [-0.05, 0) is 56.8 Å². The maximum atomic E-state index is 12.3. The summed E-state index contributed by atoms with van der Waals surface area (Å²) < 4.78 is 3.80. The molecule has 4 nitrogen and oxygen atoms in total. The molecule has 19 heavy (non-hydrogen) atoms. The second kappa shape index (κ2) is 5.09. The minimum Gasteiger partial charge on any atom is -0.339 e. The summed E-state index contributed by atoms with van der Waals surface area (Å²) in [5, 5.41) is 2.86. The zero-order valence-corrected chi connectivity index (χ0v) is 13.1. The molecular weight excluding hydrogens is 374 g/mol. The molecule has 2 heterocycles. The Morgan fingerprint density at radius 1 is 1.26 bits per heavy atom. The lowest BCUT2D eigenvalue weighted by Crippen LogP contribution is -2.16. The molecule has 0 atom stereocenters. The molecule has 1 aliphatic carbocycles. The Hall–Kier alpha value is -1.14. The minimum atomic E-state index is -0.113. The van der Waals surface area contributed by atoms with E-state index in [1.165, 1.54) is 0 Å². The third kappa shape index (κ3) is 2.90.